The van der Waals surface area contributed by atoms with Crippen molar-refractivity contribution in [2.75, 3.05) is 6.61 Å². The zero-order valence-electron chi connectivity index (χ0n) is 8.91. The maximum absolute atomic E-state index is 12.6. The maximum atomic E-state index is 12.6. The van der Waals surface area contributed by atoms with Crippen LogP contribution in [0.5, 0.6) is 0 Å². The normalized spacial score (nSPS) is 11.7. The second kappa shape index (κ2) is 6.08. The van der Waals surface area contributed by atoms with E-state index in [1.165, 1.54) is 30.4 Å². The van der Waals surface area contributed by atoms with Crippen molar-refractivity contribution in [3.05, 3.63) is 41.5 Å². The first kappa shape index (κ1) is 13.3. The Morgan fingerprint density at radius 3 is 2.59 bits per heavy atom. The molecule has 0 aliphatic carbocycles. The molecule has 0 atom stereocenters. The van der Waals surface area contributed by atoms with Gasteiger partial charge in [-0.2, -0.15) is 13.2 Å². The molecule has 0 aliphatic rings. The minimum atomic E-state index is -4.36. The number of benzene rings is 1. The molecular formula is C12H11F3O2. The summed E-state index contributed by atoms with van der Waals surface area (Å²) >= 11 is 0. The molecule has 0 saturated carbocycles. The van der Waals surface area contributed by atoms with Crippen molar-refractivity contribution in [3.63, 3.8) is 0 Å². The fourth-order valence-corrected chi connectivity index (χ4v) is 1.29. The first-order valence-electron chi connectivity index (χ1n) is 4.93. The fraction of sp³-hybridized carbons (Fsp3) is 0.250. The second-order valence-electron chi connectivity index (χ2n) is 3.24. The van der Waals surface area contributed by atoms with Crippen LogP contribution in [0.25, 0.3) is 6.08 Å². The predicted molar refractivity (Wildman–Crippen MR) is 57.1 cm³/mol. The molecule has 0 spiro atoms. The van der Waals surface area contributed by atoms with Gasteiger partial charge in [-0.05, 0) is 18.1 Å². The Morgan fingerprint density at radius 2 is 1.94 bits per heavy atom. The smallest absolute Gasteiger partial charge is 0.416 e. The SMILES string of the molecule is O=COCCC=Cc1ccccc1C(F)(F)F. The van der Waals surface area contributed by atoms with Crippen LogP contribution in [0.3, 0.4) is 0 Å². The molecule has 17 heavy (non-hydrogen) atoms. The lowest BCUT2D eigenvalue weighted by Crippen LogP contribution is -2.06. The molecule has 0 fully saturated rings. The van der Waals surface area contributed by atoms with Crippen molar-refractivity contribution in [2.45, 2.75) is 12.6 Å². The van der Waals surface area contributed by atoms with Crippen molar-refractivity contribution < 1.29 is 22.7 Å². The maximum Gasteiger partial charge on any atom is 0.416 e. The van der Waals surface area contributed by atoms with Gasteiger partial charge in [0.15, 0.2) is 0 Å². The summed E-state index contributed by atoms with van der Waals surface area (Å²) in [7, 11) is 0. The number of halogens is 3. The van der Waals surface area contributed by atoms with Crippen molar-refractivity contribution in [2.24, 2.45) is 0 Å². The molecular weight excluding hydrogens is 233 g/mol. The van der Waals surface area contributed by atoms with E-state index >= 15 is 0 Å². The number of hydrogen-bond donors (Lipinski definition) is 0. The third-order valence-electron chi connectivity index (χ3n) is 2.03. The molecule has 1 rings (SSSR count). The van der Waals surface area contributed by atoms with E-state index in [0.717, 1.165) is 6.07 Å². The van der Waals surface area contributed by atoms with Gasteiger partial charge < -0.3 is 4.74 Å². The average molecular weight is 244 g/mol. The minimum absolute atomic E-state index is 0.103. The van der Waals surface area contributed by atoms with Gasteiger partial charge >= 0.3 is 6.18 Å². The van der Waals surface area contributed by atoms with Gasteiger partial charge in [0.05, 0.1) is 12.2 Å². The van der Waals surface area contributed by atoms with E-state index in [-0.39, 0.29) is 12.2 Å². The Balaban J connectivity index is 2.74. The zero-order valence-corrected chi connectivity index (χ0v) is 8.91. The van der Waals surface area contributed by atoms with Crippen LogP contribution < -0.4 is 0 Å². The van der Waals surface area contributed by atoms with Crippen LogP contribution in [-0.2, 0) is 15.7 Å². The Morgan fingerprint density at radius 1 is 1.24 bits per heavy atom. The van der Waals surface area contributed by atoms with Crippen LogP contribution in [0.2, 0.25) is 0 Å². The van der Waals surface area contributed by atoms with Gasteiger partial charge in [-0.3, -0.25) is 4.79 Å². The van der Waals surface area contributed by atoms with Crippen LogP contribution in [0.15, 0.2) is 30.3 Å². The quantitative estimate of drug-likeness (QED) is 0.587. The summed E-state index contributed by atoms with van der Waals surface area (Å²) in [5, 5.41) is 0. The first-order chi connectivity index (χ1) is 8.05. The van der Waals surface area contributed by atoms with Gasteiger partial charge in [0, 0.05) is 0 Å². The van der Waals surface area contributed by atoms with Crippen molar-refractivity contribution in [3.8, 4) is 0 Å². The first-order valence-corrected chi connectivity index (χ1v) is 4.93. The molecule has 0 unspecified atom stereocenters. The number of rotatable bonds is 5. The molecule has 1 aromatic carbocycles. The van der Waals surface area contributed by atoms with Crippen LogP contribution in [0, 0.1) is 0 Å². The number of hydrogen-bond acceptors (Lipinski definition) is 2. The van der Waals surface area contributed by atoms with Gasteiger partial charge in [0.25, 0.3) is 6.47 Å². The van der Waals surface area contributed by atoms with Gasteiger partial charge in [-0.25, -0.2) is 0 Å². The van der Waals surface area contributed by atoms with E-state index < -0.39 is 11.7 Å². The van der Waals surface area contributed by atoms with Crippen LogP contribution in [0.4, 0.5) is 13.2 Å². The Kier molecular flexibility index (Phi) is 4.75. The largest absolute Gasteiger partial charge is 0.468 e. The van der Waals surface area contributed by atoms with E-state index in [1.54, 1.807) is 0 Å². The molecule has 0 saturated heterocycles. The second-order valence-corrected chi connectivity index (χ2v) is 3.24. The van der Waals surface area contributed by atoms with Gasteiger partial charge in [0.2, 0.25) is 0 Å². The Labute approximate surface area is 96.7 Å². The number of carbonyl (C=O) groups is 1. The predicted octanol–water partition coefficient (Wildman–Crippen LogP) is 3.28. The van der Waals surface area contributed by atoms with E-state index in [2.05, 4.69) is 4.74 Å². The highest BCUT2D eigenvalue weighted by Gasteiger charge is 2.32. The summed E-state index contributed by atoms with van der Waals surface area (Å²) in [6.07, 6.45) is -1.07. The summed E-state index contributed by atoms with van der Waals surface area (Å²) in [6.45, 7) is 0.464. The molecule has 0 heterocycles. The molecule has 2 nitrogen and oxygen atoms in total. The van der Waals surface area contributed by atoms with Gasteiger partial charge in [0.1, 0.15) is 0 Å². The van der Waals surface area contributed by atoms with Crippen LogP contribution >= 0.6 is 0 Å². The standard InChI is InChI=1S/C12H11F3O2/c13-12(14,15)11-7-2-1-5-10(11)6-3-4-8-17-9-16/h1-3,5-7,9H,4,8H2. The highest BCUT2D eigenvalue weighted by Crippen LogP contribution is 2.32. The number of carbonyl (C=O) groups excluding carboxylic acids is 1. The van der Waals surface area contributed by atoms with E-state index in [9.17, 15) is 18.0 Å². The van der Waals surface area contributed by atoms with Crippen LogP contribution in [0.1, 0.15) is 17.5 Å². The third-order valence-corrected chi connectivity index (χ3v) is 2.03. The molecule has 0 N–H and O–H groups in total. The molecule has 92 valence electrons. The highest BCUT2D eigenvalue weighted by molar-refractivity contribution is 5.54. The van der Waals surface area contributed by atoms with Gasteiger partial charge in [-0.1, -0.05) is 30.4 Å². The molecule has 5 heteroatoms. The van der Waals surface area contributed by atoms with Gasteiger partial charge in [-0.15, -0.1) is 0 Å². The molecule has 0 aromatic heterocycles. The van der Waals surface area contributed by atoms with E-state index in [0.29, 0.717) is 12.9 Å². The highest BCUT2D eigenvalue weighted by atomic mass is 19.4. The molecule has 0 bridgehead atoms. The topological polar surface area (TPSA) is 26.3 Å². The molecule has 1 aromatic rings. The lowest BCUT2D eigenvalue weighted by molar-refractivity contribution is -0.137. The summed E-state index contributed by atoms with van der Waals surface area (Å²) in [5.74, 6) is 0. The molecule has 0 radical (unpaired) electrons. The summed E-state index contributed by atoms with van der Waals surface area (Å²) in [4.78, 5) is 9.83. The van der Waals surface area contributed by atoms with Crippen molar-refractivity contribution in [1.82, 2.24) is 0 Å². The average Bonchev–Trinajstić information content (AvgIpc) is 2.28. The Bertz CT molecular complexity index is 397. The van der Waals surface area contributed by atoms with Crippen molar-refractivity contribution >= 4 is 12.5 Å². The molecule has 0 aliphatic heterocycles. The monoisotopic (exact) mass is 244 g/mol. The Hall–Kier alpha value is -1.78. The van der Waals surface area contributed by atoms with Crippen LogP contribution in [-0.4, -0.2) is 13.1 Å². The minimum Gasteiger partial charge on any atom is -0.468 e. The lowest BCUT2D eigenvalue weighted by Gasteiger charge is -2.09. The lowest BCUT2D eigenvalue weighted by atomic mass is 10.1. The van der Waals surface area contributed by atoms with E-state index in [4.69, 9.17) is 0 Å². The zero-order chi connectivity index (χ0) is 12.7. The molecule has 0 amide bonds. The third kappa shape index (κ3) is 4.30. The number of ether oxygens (including phenoxy) is 1. The summed E-state index contributed by atoms with van der Waals surface area (Å²) < 4.78 is 42.1. The fourth-order valence-electron chi connectivity index (χ4n) is 1.29. The van der Waals surface area contributed by atoms with Crippen molar-refractivity contribution in [1.29, 1.82) is 0 Å². The summed E-state index contributed by atoms with van der Waals surface area (Å²) in [6, 6.07) is 5.30. The number of alkyl halides is 3. The summed E-state index contributed by atoms with van der Waals surface area (Å²) in [5.41, 5.74) is -0.571. The van der Waals surface area contributed by atoms with E-state index in [1.807, 2.05) is 0 Å².